The Bertz CT molecular complexity index is 1140. The number of rotatable bonds is 9. The van der Waals surface area contributed by atoms with E-state index in [1.165, 1.54) is 31.2 Å². The van der Waals surface area contributed by atoms with Gasteiger partial charge in [0.1, 0.15) is 18.2 Å². The van der Waals surface area contributed by atoms with E-state index >= 15 is 0 Å². The third-order valence-electron chi connectivity index (χ3n) is 5.03. The first-order valence-electron chi connectivity index (χ1n) is 11.3. The van der Waals surface area contributed by atoms with E-state index < -0.39 is 23.4 Å². The molecule has 0 saturated carbocycles. The molecule has 2 aliphatic rings. The van der Waals surface area contributed by atoms with Gasteiger partial charge in [-0.2, -0.15) is 0 Å². The Morgan fingerprint density at radius 3 is 2.53 bits per heavy atom. The van der Waals surface area contributed by atoms with Crippen molar-refractivity contribution >= 4 is 29.6 Å². The maximum absolute atomic E-state index is 12.2. The fourth-order valence-electron chi connectivity index (χ4n) is 2.92. The summed E-state index contributed by atoms with van der Waals surface area (Å²) in [5.74, 6) is 1.46. The Morgan fingerprint density at radius 1 is 1.17 bits per heavy atom. The number of hydrogen-bond donors (Lipinski definition) is 3. The lowest BCUT2D eigenvalue weighted by atomic mass is 9.96. The Kier molecular flexibility index (Phi) is 9.78. The van der Waals surface area contributed by atoms with Gasteiger partial charge >= 0.3 is 11.9 Å². The van der Waals surface area contributed by atoms with Gasteiger partial charge in [0.25, 0.3) is 0 Å². The number of aromatic hydroxyl groups is 1. The average molecular weight is 502 g/mol. The number of amides is 2. The SMILES string of the molecule is COC(=O)CC[C@H](NC(=O)CCCC#Cn1cnc2nc(NC(=O)C(C)(C)C)cc-2c1O)C(=O)OC. The molecule has 36 heavy (non-hydrogen) atoms. The molecule has 2 amide bonds. The quantitative estimate of drug-likeness (QED) is 0.263. The lowest BCUT2D eigenvalue weighted by Gasteiger charge is -2.16. The minimum atomic E-state index is -0.950. The van der Waals surface area contributed by atoms with E-state index in [0.29, 0.717) is 18.4 Å². The summed E-state index contributed by atoms with van der Waals surface area (Å²) in [6.45, 7) is 5.32. The van der Waals surface area contributed by atoms with E-state index in [1.54, 1.807) is 20.8 Å². The van der Waals surface area contributed by atoms with Crippen LogP contribution in [0.3, 0.4) is 0 Å². The Morgan fingerprint density at radius 2 is 1.89 bits per heavy atom. The van der Waals surface area contributed by atoms with Crippen molar-refractivity contribution in [3.8, 4) is 29.2 Å². The predicted octanol–water partition coefficient (Wildman–Crippen LogP) is 1.66. The summed E-state index contributed by atoms with van der Waals surface area (Å²) in [5.41, 5.74) is -0.275. The molecule has 0 bridgehead atoms. The van der Waals surface area contributed by atoms with Crippen LogP contribution in [-0.4, -0.2) is 63.7 Å². The molecule has 12 heteroatoms. The van der Waals surface area contributed by atoms with Crippen LogP contribution in [-0.2, 0) is 28.7 Å². The highest BCUT2D eigenvalue weighted by molar-refractivity contribution is 5.94. The van der Waals surface area contributed by atoms with Crippen molar-refractivity contribution in [1.82, 2.24) is 19.9 Å². The van der Waals surface area contributed by atoms with Gasteiger partial charge in [0, 0.05) is 30.7 Å². The molecule has 0 saturated heterocycles. The molecule has 12 nitrogen and oxygen atoms in total. The van der Waals surface area contributed by atoms with Crippen molar-refractivity contribution in [2.45, 2.75) is 58.9 Å². The molecule has 0 aliphatic carbocycles. The number of hydrogen-bond acceptors (Lipinski definition) is 9. The summed E-state index contributed by atoms with van der Waals surface area (Å²) >= 11 is 0. The molecule has 0 unspecified atom stereocenters. The molecule has 0 aromatic heterocycles. The largest absolute Gasteiger partial charge is 0.493 e. The smallest absolute Gasteiger partial charge is 0.328 e. The number of esters is 2. The van der Waals surface area contributed by atoms with Crippen molar-refractivity contribution in [2.24, 2.45) is 5.41 Å². The number of methoxy groups -OCH3 is 2. The number of carbonyl (C=O) groups is 4. The zero-order valence-electron chi connectivity index (χ0n) is 21.0. The minimum Gasteiger partial charge on any atom is -0.493 e. The van der Waals surface area contributed by atoms with Gasteiger partial charge < -0.3 is 25.2 Å². The van der Waals surface area contributed by atoms with E-state index in [0.717, 1.165) is 0 Å². The maximum Gasteiger partial charge on any atom is 0.328 e. The molecule has 1 atom stereocenters. The monoisotopic (exact) mass is 501 g/mol. The van der Waals surface area contributed by atoms with Crippen LogP contribution in [0.2, 0.25) is 0 Å². The van der Waals surface area contributed by atoms with Crippen LogP contribution in [0.1, 0.15) is 52.9 Å². The van der Waals surface area contributed by atoms with Crippen molar-refractivity contribution in [2.75, 3.05) is 19.5 Å². The molecule has 194 valence electrons. The number of nitrogens with zero attached hydrogens (tertiary/aromatic N) is 3. The third-order valence-corrected chi connectivity index (χ3v) is 5.03. The van der Waals surface area contributed by atoms with E-state index in [4.69, 9.17) is 0 Å². The molecule has 3 N–H and O–H groups in total. The van der Waals surface area contributed by atoms with Gasteiger partial charge in [0.15, 0.2) is 5.82 Å². The number of unbranched alkanes of at least 4 members (excludes halogenated alkanes) is 1. The summed E-state index contributed by atoms with van der Waals surface area (Å²) in [7, 11) is 2.44. The van der Waals surface area contributed by atoms with Crippen LogP contribution < -0.4 is 10.6 Å². The Labute approximate surface area is 209 Å². The van der Waals surface area contributed by atoms with Gasteiger partial charge in [-0.25, -0.2) is 19.3 Å². The lowest BCUT2D eigenvalue weighted by Crippen LogP contribution is -2.41. The molecular weight excluding hydrogens is 470 g/mol. The van der Waals surface area contributed by atoms with Gasteiger partial charge in [-0.05, 0) is 18.9 Å². The summed E-state index contributed by atoms with van der Waals surface area (Å²) in [5, 5.41) is 15.8. The van der Waals surface area contributed by atoms with Crippen LogP contribution in [0.25, 0.3) is 11.4 Å². The fraction of sp³-hybridized carbons (Fsp3) is 0.500. The molecule has 0 aromatic carbocycles. The Balaban J connectivity index is 1.93. The van der Waals surface area contributed by atoms with Crippen molar-refractivity contribution in [1.29, 1.82) is 0 Å². The van der Waals surface area contributed by atoms with Crippen molar-refractivity contribution in [3.05, 3.63) is 12.4 Å². The topological polar surface area (TPSA) is 162 Å². The second-order valence-electron chi connectivity index (χ2n) is 8.92. The van der Waals surface area contributed by atoms with Crippen LogP contribution >= 0.6 is 0 Å². The first-order chi connectivity index (χ1) is 17.0. The number of anilines is 1. The number of aromatic nitrogens is 3. The number of carbonyl (C=O) groups excluding carboxylic acids is 4. The van der Waals surface area contributed by atoms with Gasteiger partial charge in [-0.15, -0.1) is 0 Å². The zero-order valence-corrected chi connectivity index (χ0v) is 21.0. The normalized spacial score (nSPS) is 11.7. The first-order valence-corrected chi connectivity index (χ1v) is 11.3. The number of nitrogens with one attached hydrogen (secondary N) is 2. The summed E-state index contributed by atoms with van der Waals surface area (Å²) in [6.07, 6.45) is 2.15. The van der Waals surface area contributed by atoms with Gasteiger partial charge in [0.2, 0.25) is 17.7 Å². The minimum absolute atomic E-state index is 0.0372. The maximum atomic E-state index is 12.2. The number of ether oxygens (including phenoxy) is 2. The molecule has 2 rings (SSSR count). The van der Waals surface area contributed by atoms with Crippen LogP contribution in [0.15, 0.2) is 12.4 Å². The third kappa shape index (κ3) is 7.97. The van der Waals surface area contributed by atoms with Gasteiger partial charge in [-0.3, -0.25) is 14.4 Å². The van der Waals surface area contributed by atoms with Gasteiger partial charge in [-0.1, -0.05) is 26.7 Å². The van der Waals surface area contributed by atoms with E-state index in [9.17, 15) is 24.3 Å². The number of fused-ring (bicyclic) bond motifs is 1. The Hall–Kier alpha value is -4.14. The molecule has 0 fully saturated rings. The summed E-state index contributed by atoms with van der Waals surface area (Å²) in [6, 6.07) is 3.31. The second kappa shape index (κ2) is 12.5. The zero-order chi connectivity index (χ0) is 26.9. The van der Waals surface area contributed by atoms with E-state index in [-0.39, 0.29) is 48.6 Å². The standard InChI is InChI=1S/C24H31N5O7/c1-24(2,3)23(34)28-17-13-15-20(27-17)25-14-29(21(15)32)12-8-6-7-9-18(30)26-16(22(33)36-5)10-11-19(31)35-4/h13-14,16,32H,6-7,9-11H2,1-5H3,(H,26,30)(H,28,34)/t16-/m0/s1. The fourth-order valence-corrected chi connectivity index (χ4v) is 2.92. The van der Waals surface area contributed by atoms with Crippen LogP contribution in [0.5, 0.6) is 5.88 Å². The summed E-state index contributed by atoms with van der Waals surface area (Å²) in [4.78, 5) is 55.8. The molecule has 2 heterocycles. The lowest BCUT2D eigenvalue weighted by molar-refractivity contribution is -0.146. The second-order valence-corrected chi connectivity index (χ2v) is 8.92. The highest BCUT2D eigenvalue weighted by atomic mass is 16.5. The van der Waals surface area contributed by atoms with Crippen LogP contribution in [0.4, 0.5) is 5.82 Å². The molecular formula is C24H31N5O7. The molecule has 0 aromatic rings. The van der Waals surface area contributed by atoms with E-state index in [2.05, 4.69) is 42.0 Å². The first kappa shape index (κ1) is 28.1. The van der Waals surface area contributed by atoms with Crippen molar-refractivity contribution < 1.29 is 33.8 Å². The van der Waals surface area contributed by atoms with Gasteiger partial charge in [0.05, 0.1) is 19.8 Å². The molecule has 0 spiro atoms. The predicted molar refractivity (Wildman–Crippen MR) is 129 cm³/mol. The van der Waals surface area contributed by atoms with E-state index in [1.807, 2.05) is 0 Å². The summed E-state index contributed by atoms with van der Waals surface area (Å²) < 4.78 is 10.4. The van der Waals surface area contributed by atoms with Crippen LogP contribution in [0, 0.1) is 17.4 Å². The van der Waals surface area contributed by atoms with Crippen molar-refractivity contribution in [3.63, 3.8) is 0 Å². The highest BCUT2D eigenvalue weighted by Gasteiger charge is 2.24. The average Bonchev–Trinajstić information content (AvgIpc) is 3.24. The molecule has 2 aliphatic heterocycles. The molecule has 0 radical (unpaired) electrons. The highest BCUT2D eigenvalue weighted by Crippen LogP contribution is 2.31.